The minimum Gasteiger partial charge on any atom is -0.492 e. The predicted octanol–water partition coefficient (Wildman–Crippen LogP) is 1.10. The maximum Gasteiger partial charge on any atom is 0.122 e. The Morgan fingerprint density at radius 3 is 2.94 bits per heavy atom. The Hall–Kier alpha value is -1.10. The molecule has 4 heteroatoms. The van der Waals surface area contributed by atoms with Gasteiger partial charge in [0.15, 0.2) is 0 Å². The third kappa shape index (κ3) is 2.51. The highest BCUT2D eigenvalue weighted by Gasteiger charge is 2.21. The van der Waals surface area contributed by atoms with Crippen LogP contribution in [0.4, 0.5) is 0 Å². The van der Waals surface area contributed by atoms with Crippen molar-refractivity contribution >= 4 is 0 Å². The van der Waals surface area contributed by atoms with E-state index in [2.05, 4.69) is 29.1 Å². The van der Waals surface area contributed by atoms with Gasteiger partial charge in [0.1, 0.15) is 12.4 Å². The van der Waals surface area contributed by atoms with E-state index in [1.54, 1.807) is 0 Å². The number of rotatable bonds is 3. The summed E-state index contributed by atoms with van der Waals surface area (Å²) in [6.45, 7) is 0.678. The Morgan fingerprint density at radius 2 is 2.11 bits per heavy atom. The third-order valence-corrected chi connectivity index (χ3v) is 3.80. The average Bonchev–Trinajstić information content (AvgIpc) is 2.82. The van der Waals surface area contributed by atoms with Gasteiger partial charge in [0.05, 0.1) is 12.2 Å². The highest BCUT2D eigenvalue weighted by atomic mass is 16.5. The quantitative estimate of drug-likeness (QED) is 0.748. The number of hydrogen-bond donors (Lipinski definition) is 3. The normalized spacial score (nSPS) is 26.9. The molecule has 1 fully saturated rings. The number of hydrazine groups is 1. The second-order valence-corrected chi connectivity index (χ2v) is 5.24. The molecule has 98 valence electrons. The largest absolute Gasteiger partial charge is 0.492 e. The van der Waals surface area contributed by atoms with Crippen LogP contribution < -0.4 is 21.3 Å². The summed E-state index contributed by atoms with van der Waals surface area (Å²) in [7, 11) is 0. The van der Waals surface area contributed by atoms with E-state index in [9.17, 15) is 0 Å². The lowest BCUT2D eigenvalue weighted by molar-refractivity contribution is 0.269. The Kier molecular flexibility index (Phi) is 3.50. The van der Waals surface area contributed by atoms with Crippen molar-refractivity contribution in [3.8, 4) is 5.75 Å². The fraction of sp³-hybridized carbons (Fsp3) is 0.571. The van der Waals surface area contributed by atoms with Crippen molar-refractivity contribution < 1.29 is 4.74 Å². The molecular formula is C14H21N3O. The van der Waals surface area contributed by atoms with Crippen molar-refractivity contribution in [3.63, 3.8) is 0 Å². The summed E-state index contributed by atoms with van der Waals surface area (Å²) in [5.74, 6) is 1.06. The summed E-state index contributed by atoms with van der Waals surface area (Å²) >= 11 is 0. The molecule has 0 saturated carbocycles. The molecule has 1 aliphatic carbocycles. The van der Waals surface area contributed by atoms with Crippen molar-refractivity contribution in [2.24, 2.45) is 5.73 Å². The van der Waals surface area contributed by atoms with E-state index in [1.807, 2.05) is 0 Å². The van der Waals surface area contributed by atoms with E-state index in [-0.39, 0.29) is 6.17 Å². The molecule has 2 atom stereocenters. The number of benzene rings is 1. The van der Waals surface area contributed by atoms with Gasteiger partial charge in [-0.2, -0.15) is 0 Å². The molecule has 1 aromatic rings. The molecule has 0 bridgehead atoms. The van der Waals surface area contributed by atoms with E-state index in [0.717, 1.165) is 18.6 Å². The topological polar surface area (TPSA) is 59.3 Å². The van der Waals surface area contributed by atoms with Crippen LogP contribution in [0.25, 0.3) is 0 Å². The lowest BCUT2D eigenvalue weighted by Gasteiger charge is -2.20. The number of nitrogens with one attached hydrogen (secondary N) is 2. The molecule has 2 unspecified atom stereocenters. The van der Waals surface area contributed by atoms with E-state index in [0.29, 0.717) is 12.6 Å². The molecule has 0 spiro atoms. The number of ether oxygens (including phenoxy) is 1. The summed E-state index contributed by atoms with van der Waals surface area (Å²) in [6.07, 6.45) is 5.89. The average molecular weight is 247 g/mol. The highest BCUT2D eigenvalue weighted by Crippen LogP contribution is 2.29. The SMILES string of the molecule is NC1CC(COc2cccc3c2CCCC3)NN1. The zero-order valence-corrected chi connectivity index (χ0v) is 10.6. The summed E-state index contributed by atoms with van der Waals surface area (Å²) in [6, 6.07) is 6.73. The van der Waals surface area contributed by atoms with Gasteiger partial charge in [-0.15, -0.1) is 0 Å². The summed E-state index contributed by atoms with van der Waals surface area (Å²) < 4.78 is 5.98. The number of aryl methyl sites for hydroxylation is 1. The van der Waals surface area contributed by atoms with Crippen molar-refractivity contribution in [1.82, 2.24) is 10.9 Å². The monoisotopic (exact) mass is 247 g/mol. The molecule has 0 amide bonds. The highest BCUT2D eigenvalue weighted by molar-refractivity contribution is 5.41. The summed E-state index contributed by atoms with van der Waals surface area (Å²) in [4.78, 5) is 0. The second kappa shape index (κ2) is 5.26. The Labute approximate surface area is 108 Å². The number of fused-ring (bicyclic) bond motifs is 1. The van der Waals surface area contributed by atoms with Gasteiger partial charge < -0.3 is 10.5 Å². The summed E-state index contributed by atoms with van der Waals surface area (Å²) in [5.41, 5.74) is 14.8. The van der Waals surface area contributed by atoms with E-state index in [4.69, 9.17) is 10.5 Å². The molecule has 1 aromatic carbocycles. The van der Waals surface area contributed by atoms with Gasteiger partial charge in [-0.25, -0.2) is 10.9 Å². The Balaban J connectivity index is 1.65. The van der Waals surface area contributed by atoms with Crippen LogP contribution in [0.15, 0.2) is 18.2 Å². The van der Waals surface area contributed by atoms with E-state index >= 15 is 0 Å². The lowest BCUT2D eigenvalue weighted by Crippen LogP contribution is -2.38. The maximum absolute atomic E-state index is 5.98. The molecular weight excluding hydrogens is 226 g/mol. The van der Waals surface area contributed by atoms with Crippen LogP contribution in [0.2, 0.25) is 0 Å². The zero-order chi connectivity index (χ0) is 12.4. The number of nitrogens with two attached hydrogens (primary N) is 1. The first-order chi connectivity index (χ1) is 8.83. The minimum absolute atomic E-state index is 0.0447. The molecule has 4 nitrogen and oxygen atoms in total. The molecule has 1 saturated heterocycles. The smallest absolute Gasteiger partial charge is 0.122 e. The van der Waals surface area contributed by atoms with Crippen molar-refractivity contribution in [2.45, 2.75) is 44.3 Å². The van der Waals surface area contributed by atoms with Crippen LogP contribution in [0, 0.1) is 0 Å². The first-order valence-corrected chi connectivity index (χ1v) is 6.83. The van der Waals surface area contributed by atoms with Crippen LogP contribution >= 0.6 is 0 Å². The second-order valence-electron chi connectivity index (χ2n) is 5.24. The fourth-order valence-electron chi connectivity index (χ4n) is 2.83. The van der Waals surface area contributed by atoms with Gasteiger partial charge >= 0.3 is 0 Å². The van der Waals surface area contributed by atoms with Gasteiger partial charge in [-0.1, -0.05) is 12.1 Å². The van der Waals surface area contributed by atoms with Crippen LogP contribution in [-0.2, 0) is 12.8 Å². The summed E-state index contributed by atoms with van der Waals surface area (Å²) in [5, 5.41) is 0. The Bertz CT molecular complexity index is 422. The van der Waals surface area contributed by atoms with E-state index in [1.165, 1.54) is 30.4 Å². The van der Waals surface area contributed by atoms with Crippen molar-refractivity contribution in [2.75, 3.05) is 6.61 Å². The van der Waals surface area contributed by atoms with Crippen LogP contribution in [0.3, 0.4) is 0 Å². The van der Waals surface area contributed by atoms with Gasteiger partial charge in [0, 0.05) is 0 Å². The standard InChI is InChI=1S/C14H21N3O/c15-14-8-11(16-17-14)9-18-13-7-3-5-10-4-1-2-6-12(10)13/h3,5,7,11,14,16-17H,1-2,4,6,8-9,15H2. The first kappa shape index (κ1) is 12.0. The van der Waals surface area contributed by atoms with Crippen LogP contribution in [-0.4, -0.2) is 18.8 Å². The van der Waals surface area contributed by atoms with Crippen molar-refractivity contribution in [1.29, 1.82) is 0 Å². The molecule has 0 aromatic heterocycles. The predicted molar refractivity (Wildman–Crippen MR) is 71.2 cm³/mol. The molecule has 1 aliphatic heterocycles. The maximum atomic E-state index is 5.98. The Morgan fingerprint density at radius 1 is 1.22 bits per heavy atom. The van der Waals surface area contributed by atoms with Crippen LogP contribution in [0.5, 0.6) is 5.75 Å². The van der Waals surface area contributed by atoms with Gasteiger partial charge in [0.25, 0.3) is 0 Å². The van der Waals surface area contributed by atoms with Gasteiger partial charge in [-0.3, -0.25) is 0 Å². The lowest BCUT2D eigenvalue weighted by atomic mass is 9.91. The van der Waals surface area contributed by atoms with Gasteiger partial charge in [0.2, 0.25) is 0 Å². The van der Waals surface area contributed by atoms with Crippen molar-refractivity contribution in [3.05, 3.63) is 29.3 Å². The molecule has 18 heavy (non-hydrogen) atoms. The fourth-order valence-corrected chi connectivity index (χ4v) is 2.83. The van der Waals surface area contributed by atoms with Crippen LogP contribution in [0.1, 0.15) is 30.4 Å². The van der Waals surface area contributed by atoms with Gasteiger partial charge in [-0.05, 0) is 49.3 Å². The molecule has 0 radical (unpaired) electrons. The molecule has 1 heterocycles. The zero-order valence-electron chi connectivity index (χ0n) is 10.6. The molecule has 3 rings (SSSR count). The third-order valence-electron chi connectivity index (χ3n) is 3.80. The number of hydrogen-bond acceptors (Lipinski definition) is 4. The first-order valence-electron chi connectivity index (χ1n) is 6.83. The van der Waals surface area contributed by atoms with E-state index < -0.39 is 0 Å². The molecule has 2 aliphatic rings. The molecule has 4 N–H and O–H groups in total. The minimum atomic E-state index is 0.0447.